The van der Waals surface area contributed by atoms with Gasteiger partial charge in [-0.05, 0) is 90.1 Å². The van der Waals surface area contributed by atoms with Crippen molar-refractivity contribution in [2.75, 3.05) is 18.0 Å². The van der Waals surface area contributed by atoms with E-state index in [0.717, 1.165) is 68.6 Å². The van der Waals surface area contributed by atoms with Crippen LogP contribution in [0.15, 0.2) is 77.4 Å². The van der Waals surface area contributed by atoms with Gasteiger partial charge in [-0.1, -0.05) is 56.2 Å². The molecule has 258 valence electrons. The summed E-state index contributed by atoms with van der Waals surface area (Å²) in [5.74, 6) is 0.445. The first-order chi connectivity index (χ1) is 22.5. The second kappa shape index (κ2) is 15.3. The Hall–Kier alpha value is -3.62. The number of benzene rings is 2. The van der Waals surface area contributed by atoms with Gasteiger partial charge in [0, 0.05) is 60.3 Å². The van der Waals surface area contributed by atoms with Crippen LogP contribution in [0, 0.1) is 6.92 Å². The van der Waals surface area contributed by atoms with E-state index in [2.05, 4.69) is 80.5 Å². The van der Waals surface area contributed by atoms with Gasteiger partial charge in [-0.2, -0.15) is 13.0 Å². The summed E-state index contributed by atoms with van der Waals surface area (Å²) in [6, 6.07) is 11.5. The Labute approximate surface area is 287 Å². The van der Waals surface area contributed by atoms with Crippen LogP contribution in [0.3, 0.4) is 0 Å². The lowest BCUT2D eigenvalue weighted by atomic mass is 9.81. The largest absolute Gasteiger partial charge is 0.344 e. The fourth-order valence-electron chi connectivity index (χ4n) is 7.08. The number of aryl methyl sites for hydroxylation is 1. The van der Waals surface area contributed by atoms with Gasteiger partial charge in [-0.15, -0.1) is 0 Å². The van der Waals surface area contributed by atoms with Crippen molar-refractivity contribution in [2.24, 2.45) is 0 Å². The fourth-order valence-corrected chi connectivity index (χ4v) is 7.59. The first-order valence-electron chi connectivity index (χ1n) is 17.2. The van der Waals surface area contributed by atoms with Crippen molar-refractivity contribution in [2.45, 2.75) is 116 Å². The van der Waals surface area contributed by atoms with E-state index in [4.69, 9.17) is 0 Å². The number of nitrogens with zero attached hydrogens (tertiary/aromatic N) is 2. The fraction of sp³-hybridized carbons (Fsp3) is 0.475. The summed E-state index contributed by atoms with van der Waals surface area (Å²) in [4.78, 5) is 25.2. The van der Waals surface area contributed by atoms with Crippen LogP contribution in [-0.4, -0.2) is 47.9 Å². The van der Waals surface area contributed by atoms with Gasteiger partial charge in [-0.25, -0.2) is 0 Å². The molecule has 48 heavy (non-hydrogen) atoms. The van der Waals surface area contributed by atoms with Crippen molar-refractivity contribution in [3.05, 3.63) is 89.2 Å². The number of allylic oxidation sites excluding steroid dienone is 6. The smallest absolute Gasteiger partial charge is 0.294 e. The predicted molar refractivity (Wildman–Crippen MR) is 195 cm³/mol. The van der Waals surface area contributed by atoms with Crippen LogP contribution < -0.4 is 4.90 Å². The second-order valence-corrected chi connectivity index (χ2v) is 15.9. The number of carbonyl (C=O) groups excluding carboxylic acids is 2. The standard InChI is InChI=1S/C40H52N2O5S/c1-29-21-23-35-33(27-29)39(4,5)37(41(35)25-15-9-11-17-30(2)43)19-13-8-14-20-38-40(6,7)34-28-32(48(45,46)47)22-24-36(34)42(38)26-16-10-12-18-31(3)44/h8,13-14,19-24,27-28H,9-12,15-18,25-26H2,1-7H3/p+1. The maximum absolute atomic E-state index is 12.0. The highest BCUT2D eigenvalue weighted by atomic mass is 32.2. The lowest BCUT2D eigenvalue weighted by Crippen LogP contribution is -2.28. The molecule has 0 saturated carbocycles. The molecule has 0 unspecified atom stereocenters. The van der Waals surface area contributed by atoms with Crippen molar-refractivity contribution < 1.29 is 27.1 Å². The Bertz CT molecular complexity index is 1780. The van der Waals surface area contributed by atoms with Gasteiger partial charge in [-0.3, -0.25) is 4.55 Å². The van der Waals surface area contributed by atoms with E-state index in [1.807, 2.05) is 12.2 Å². The van der Waals surface area contributed by atoms with Crippen LogP contribution in [0.4, 0.5) is 11.4 Å². The molecule has 1 N–H and O–H groups in total. The van der Waals surface area contributed by atoms with Crippen molar-refractivity contribution in [1.82, 2.24) is 0 Å². The number of anilines is 1. The molecule has 7 nitrogen and oxygen atoms in total. The van der Waals surface area contributed by atoms with Gasteiger partial charge in [0.1, 0.15) is 18.1 Å². The average Bonchev–Trinajstić information content (AvgIpc) is 3.33. The van der Waals surface area contributed by atoms with Gasteiger partial charge in [0.2, 0.25) is 5.69 Å². The lowest BCUT2D eigenvalue weighted by Gasteiger charge is -2.27. The van der Waals surface area contributed by atoms with Crippen molar-refractivity contribution in [3.8, 4) is 0 Å². The molecule has 0 fully saturated rings. The topological polar surface area (TPSA) is 94.8 Å². The van der Waals surface area contributed by atoms with E-state index in [-0.39, 0.29) is 21.9 Å². The quantitative estimate of drug-likeness (QED) is 0.0829. The minimum absolute atomic E-state index is 0.105. The third-order valence-electron chi connectivity index (χ3n) is 9.76. The second-order valence-electron chi connectivity index (χ2n) is 14.4. The molecule has 0 atom stereocenters. The number of ketones is 2. The van der Waals surface area contributed by atoms with Gasteiger partial charge in [0.25, 0.3) is 10.1 Å². The van der Waals surface area contributed by atoms with Gasteiger partial charge in [0.15, 0.2) is 5.71 Å². The summed E-state index contributed by atoms with van der Waals surface area (Å²) >= 11 is 0. The highest BCUT2D eigenvalue weighted by molar-refractivity contribution is 7.85. The number of fused-ring (bicyclic) bond motifs is 2. The molecular weight excluding hydrogens is 621 g/mol. The van der Waals surface area contributed by atoms with E-state index in [1.54, 1.807) is 26.0 Å². The minimum Gasteiger partial charge on any atom is -0.344 e. The maximum Gasteiger partial charge on any atom is 0.294 e. The summed E-state index contributed by atoms with van der Waals surface area (Å²) in [6.45, 7) is 15.8. The molecule has 4 rings (SSSR count). The highest BCUT2D eigenvalue weighted by Gasteiger charge is 2.45. The summed E-state index contributed by atoms with van der Waals surface area (Å²) in [7, 11) is -4.34. The third-order valence-corrected chi connectivity index (χ3v) is 10.6. The Morgan fingerprint density at radius 2 is 1.48 bits per heavy atom. The SMILES string of the molecule is CC(=O)CCCCCN1/C(=C/C=C/C=C/C2=[N+](CCCCCC(C)=O)c3ccc(S(=O)(=O)O)cc3C2(C)C)C(C)(C)c2cc(C)ccc21. The molecular formula is C40H53N2O5S+. The molecule has 2 aromatic rings. The summed E-state index contributed by atoms with van der Waals surface area (Å²) in [6.07, 6.45) is 17.3. The predicted octanol–water partition coefficient (Wildman–Crippen LogP) is 8.71. The zero-order valence-electron chi connectivity index (χ0n) is 29.8. The van der Waals surface area contributed by atoms with Crippen LogP contribution in [0.1, 0.15) is 110 Å². The molecule has 0 radical (unpaired) electrons. The zero-order chi connectivity index (χ0) is 35.3. The van der Waals surface area contributed by atoms with Crippen LogP contribution in [-0.2, 0) is 30.5 Å². The van der Waals surface area contributed by atoms with Crippen LogP contribution >= 0.6 is 0 Å². The van der Waals surface area contributed by atoms with Crippen LogP contribution in [0.25, 0.3) is 0 Å². The van der Waals surface area contributed by atoms with Crippen molar-refractivity contribution in [3.63, 3.8) is 0 Å². The number of hydrogen-bond acceptors (Lipinski definition) is 5. The molecule has 0 saturated heterocycles. The molecule has 2 aromatic carbocycles. The lowest BCUT2D eigenvalue weighted by molar-refractivity contribution is -0.438. The van der Waals surface area contributed by atoms with E-state index < -0.39 is 15.5 Å². The Morgan fingerprint density at radius 1 is 0.812 bits per heavy atom. The molecule has 0 aromatic heterocycles. The molecule has 8 heteroatoms. The molecule has 0 bridgehead atoms. The molecule has 0 spiro atoms. The van der Waals surface area contributed by atoms with E-state index in [9.17, 15) is 22.6 Å². The van der Waals surface area contributed by atoms with Gasteiger partial charge < -0.3 is 14.5 Å². The Balaban J connectivity index is 1.61. The summed E-state index contributed by atoms with van der Waals surface area (Å²) in [5, 5.41) is 0. The minimum atomic E-state index is -4.34. The Kier molecular flexibility index (Phi) is 11.9. The van der Waals surface area contributed by atoms with Crippen molar-refractivity contribution >= 4 is 38.8 Å². The number of Topliss-reactive ketones (excluding diaryl/α,β-unsaturated/α-hetero) is 2. The molecule has 0 amide bonds. The number of unbranched alkanes of at least 4 members (excludes halogenated alkanes) is 4. The Morgan fingerprint density at radius 3 is 2.12 bits per heavy atom. The third kappa shape index (κ3) is 8.50. The van der Waals surface area contributed by atoms with Gasteiger partial charge >= 0.3 is 0 Å². The summed E-state index contributed by atoms with van der Waals surface area (Å²) < 4.78 is 36.0. The first-order valence-corrected chi connectivity index (χ1v) is 18.7. The highest BCUT2D eigenvalue weighted by Crippen LogP contribution is 2.48. The normalized spacial score (nSPS) is 17.6. The number of hydrogen-bond donors (Lipinski definition) is 1. The summed E-state index contributed by atoms with van der Waals surface area (Å²) in [5.41, 5.74) is 7.23. The number of rotatable bonds is 16. The molecule has 2 aliphatic heterocycles. The maximum atomic E-state index is 12.0. The van der Waals surface area contributed by atoms with E-state index in [0.29, 0.717) is 12.8 Å². The first kappa shape index (κ1) is 37.2. The van der Waals surface area contributed by atoms with Crippen LogP contribution in [0.5, 0.6) is 0 Å². The monoisotopic (exact) mass is 673 g/mol. The average molecular weight is 674 g/mol. The van der Waals surface area contributed by atoms with Gasteiger partial charge in [0.05, 0.1) is 10.3 Å². The van der Waals surface area contributed by atoms with Crippen molar-refractivity contribution in [1.29, 1.82) is 0 Å². The molecule has 2 aliphatic rings. The molecule has 0 aliphatic carbocycles. The van der Waals surface area contributed by atoms with E-state index in [1.165, 1.54) is 28.6 Å². The molecule has 2 heterocycles. The zero-order valence-corrected chi connectivity index (χ0v) is 30.6. The van der Waals surface area contributed by atoms with E-state index >= 15 is 0 Å². The number of carbonyl (C=O) groups is 2. The van der Waals surface area contributed by atoms with Crippen LogP contribution in [0.2, 0.25) is 0 Å².